The van der Waals surface area contributed by atoms with E-state index in [1.165, 1.54) is 37.3 Å². The zero-order valence-corrected chi connectivity index (χ0v) is 25.2. The monoisotopic (exact) mass is 593 g/mol. The third kappa shape index (κ3) is 7.23. The number of rotatable bonds is 13. The van der Waals surface area contributed by atoms with E-state index in [9.17, 15) is 18.0 Å². The van der Waals surface area contributed by atoms with Crippen molar-refractivity contribution in [2.24, 2.45) is 0 Å². The lowest BCUT2D eigenvalue weighted by Crippen LogP contribution is -2.53. The number of hydrogen-bond acceptors (Lipinski definition) is 6. The van der Waals surface area contributed by atoms with Gasteiger partial charge in [0.2, 0.25) is 11.8 Å². The van der Waals surface area contributed by atoms with Crippen molar-refractivity contribution in [1.29, 1.82) is 0 Å². The third-order valence-electron chi connectivity index (χ3n) is 7.55. The van der Waals surface area contributed by atoms with E-state index in [-0.39, 0.29) is 34.8 Å². The number of carbonyl (C=O) groups is 2. The molecule has 1 aliphatic carbocycles. The summed E-state index contributed by atoms with van der Waals surface area (Å²) < 4.78 is 40.1. The number of sulfonamides is 1. The first-order valence-electron chi connectivity index (χ1n) is 14.2. The van der Waals surface area contributed by atoms with Gasteiger partial charge in [0, 0.05) is 18.7 Å². The van der Waals surface area contributed by atoms with Gasteiger partial charge in [-0.3, -0.25) is 13.9 Å². The summed E-state index contributed by atoms with van der Waals surface area (Å²) in [6, 6.07) is 21.4. The van der Waals surface area contributed by atoms with Gasteiger partial charge in [0.25, 0.3) is 10.0 Å². The highest BCUT2D eigenvalue weighted by Crippen LogP contribution is 2.36. The van der Waals surface area contributed by atoms with Crippen LogP contribution in [0.15, 0.2) is 83.8 Å². The number of nitrogens with one attached hydrogen (secondary N) is 1. The zero-order valence-electron chi connectivity index (χ0n) is 24.4. The summed E-state index contributed by atoms with van der Waals surface area (Å²) in [4.78, 5) is 29.3. The van der Waals surface area contributed by atoms with E-state index in [1.807, 2.05) is 37.3 Å². The quantitative estimate of drug-likeness (QED) is 0.306. The molecule has 0 aromatic heterocycles. The van der Waals surface area contributed by atoms with Gasteiger partial charge in [0.1, 0.15) is 24.1 Å². The minimum absolute atomic E-state index is 0.0169. The van der Waals surface area contributed by atoms with Crippen LogP contribution < -0.4 is 19.1 Å². The van der Waals surface area contributed by atoms with Crippen molar-refractivity contribution in [2.75, 3.05) is 25.1 Å². The van der Waals surface area contributed by atoms with E-state index in [1.54, 1.807) is 30.3 Å². The molecule has 0 bridgehead atoms. The van der Waals surface area contributed by atoms with Crippen LogP contribution in [0.2, 0.25) is 0 Å². The first kappa shape index (κ1) is 30.9. The van der Waals surface area contributed by atoms with Crippen LogP contribution in [0.25, 0.3) is 0 Å². The molecule has 2 amide bonds. The smallest absolute Gasteiger partial charge is 0.264 e. The maximum atomic E-state index is 14.3. The Kier molecular flexibility index (Phi) is 10.5. The average Bonchev–Trinajstić information content (AvgIpc) is 3.53. The average molecular weight is 594 g/mol. The van der Waals surface area contributed by atoms with Crippen molar-refractivity contribution >= 4 is 27.5 Å². The maximum Gasteiger partial charge on any atom is 0.264 e. The fraction of sp³-hybridized carbons (Fsp3) is 0.375. The number of benzene rings is 3. The van der Waals surface area contributed by atoms with E-state index in [0.29, 0.717) is 12.2 Å². The Morgan fingerprint density at radius 3 is 2.17 bits per heavy atom. The van der Waals surface area contributed by atoms with Gasteiger partial charge in [-0.1, -0.05) is 68.3 Å². The van der Waals surface area contributed by atoms with E-state index >= 15 is 0 Å². The zero-order chi connectivity index (χ0) is 30.1. The number of methoxy groups -OCH3 is 2. The molecule has 4 rings (SSSR count). The molecule has 3 aromatic rings. The van der Waals surface area contributed by atoms with Gasteiger partial charge in [-0.25, -0.2) is 8.42 Å². The van der Waals surface area contributed by atoms with Crippen LogP contribution >= 0.6 is 0 Å². The normalized spacial score (nSPS) is 14.2. The van der Waals surface area contributed by atoms with Crippen molar-refractivity contribution in [3.63, 3.8) is 0 Å². The molecule has 1 fully saturated rings. The minimum atomic E-state index is -4.23. The van der Waals surface area contributed by atoms with E-state index in [4.69, 9.17) is 9.47 Å². The number of amides is 2. The van der Waals surface area contributed by atoms with Crippen molar-refractivity contribution in [2.45, 2.75) is 62.6 Å². The molecule has 1 N–H and O–H groups in total. The maximum absolute atomic E-state index is 14.3. The van der Waals surface area contributed by atoms with E-state index in [0.717, 1.165) is 35.6 Å². The predicted octanol–water partition coefficient (Wildman–Crippen LogP) is 4.77. The summed E-state index contributed by atoms with van der Waals surface area (Å²) in [5.74, 6) is -0.0967. The fourth-order valence-corrected chi connectivity index (χ4v) is 6.73. The number of ether oxygens (including phenoxy) is 2. The summed E-state index contributed by atoms with van der Waals surface area (Å²) in [5.41, 5.74) is 0.978. The molecule has 0 aliphatic heterocycles. The predicted molar refractivity (Wildman–Crippen MR) is 162 cm³/mol. The van der Waals surface area contributed by atoms with Crippen LogP contribution in [0.5, 0.6) is 11.5 Å². The second-order valence-corrected chi connectivity index (χ2v) is 12.1. The number of anilines is 1. The molecule has 0 heterocycles. The van der Waals surface area contributed by atoms with Gasteiger partial charge < -0.3 is 19.7 Å². The Morgan fingerprint density at radius 2 is 1.57 bits per heavy atom. The third-order valence-corrected chi connectivity index (χ3v) is 9.32. The molecule has 9 nitrogen and oxygen atoms in total. The molecule has 224 valence electrons. The van der Waals surface area contributed by atoms with Crippen LogP contribution in [0.3, 0.4) is 0 Å². The first-order valence-corrected chi connectivity index (χ1v) is 15.7. The highest BCUT2D eigenvalue weighted by Gasteiger charge is 2.35. The van der Waals surface area contributed by atoms with Crippen molar-refractivity contribution < 1.29 is 27.5 Å². The fourth-order valence-electron chi connectivity index (χ4n) is 5.29. The highest BCUT2D eigenvalue weighted by atomic mass is 32.2. The Hall–Kier alpha value is -4.05. The van der Waals surface area contributed by atoms with Crippen molar-refractivity contribution in [1.82, 2.24) is 10.2 Å². The topological polar surface area (TPSA) is 105 Å². The Labute approximate surface area is 248 Å². The van der Waals surface area contributed by atoms with Crippen molar-refractivity contribution in [3.8, 4) is 11.5 Å². The Morgan fingerprint density at radius 1 is 0.929 bits per heavy atom. The van der Waals surface area contributed by atoms with Gasteiger partial charge in [0.05, 0.1) is 24.8 Å². The van der Waals surface area contributed by atoms with Crippen LogP contribution in [-0.2, 0) is 26.2 Å². The number of nitrogens with zero attached hydrogens (tertiary/aromatic N) is 2. The van der Waals surface area contributed by atoms with Crippen LogP contribution in [0, 0.1) is 0 Å². The molecule has 0 radical (unpaired) electrons. The largest absolute Gasteiger partial charge is 0.497 e. The molecule has 42 heavy (non-hydrogen) atoms. The van der Waals surface area contributed by atoms with Crippen LogP contribution in [0.4, 0.5) is 5.69 Å². The molecule has 0 saturated heterocycles. The second-order valence-electron chi connectivity index (χ2n) is 10.3. The van der Waals surface area contributed by atoms with Crippen LogP contribution in [0.1, 0.15) is 44.6 Å². The first-order chi connectivity index (χ1) is 20.3. The van der Waals surface area contributed by atoms with Gasteiger partial charge >= 0.3 is 0 Å². The molecular weight excluding hydrogens is 554 g/mol. The molecule has 1 atom stereocenters. The molecule has 0 unspecified atom stereocenters. The molecule has 0 spiro atoms. The van der Waals surface area contributed by atoms with Crippen molar-refractivity contribution in [3.05, 3.63) is 84.4 Å². The molecule has 3 aromatic carbocycles. The summed E-state index contributed by atoms with van der Waals surface area (Å²) >= 11 is 0. The summed E-state index contributed by atoms with van der Waals surface area (Å²) in [6.45, 7) is 1.44. The SMILES string of the molecule is CC[C@H](C(=O)NC1CCCC1)N(Cc1ccccc1)C(=O)CN(c1cc(OC)ccc1OC)S(=O)(=O)c1ccccc1. The summed E-state index contributed by atoms with van der Waals surface area (Å²) in [5, 5.41) is 3.12. The number of carbonyl (C=O) groups excluding carboxylic acids is 2. The summed E-state index contributed by atoms with van der Waals surface area (Å²) in [7, 11) is -1.33. The lowest BCUT2D eigenvalue weighted by molar-refractivity contribution is -0.140. The molecule has 10 heteroatoms. The van der Waals surface area contributed by atoms with E-state index < -0.39 is 28.5 Å². The lowest BCUT2D eigenvalue weighted by Gasteiger charge is -2.34. The van der Waals surface area contributed by atoms with Gasteiger partial charge in [-0.15, -0.1) is 0 Å². The van der Waals surface area contributed by atoms with Gasteiger partial charge in [-0.2, -0.15) is 0 Å². The standard InChI is InChI=1S/C32H39N3O6S/c1-4-28(32(37)33-25-15-11-12-16-25)34(22-24-13-7-5-8-14-24)31(36)23-35(42(38,39)27-17-9-6-10-18-27)29-21-26(40-2)19-20-30(29)41-3/h5-10,13-14,17-21,25,28H,4,11-12,15-16,22-23H2,1-3H3,(H,33,37)/t28-/m1/s1. The summed E-state index contributed by atoms with van der Waals surface area (Å²) in [6.07, 6.45) is 4.30. The Balaban J connectivity index is 1.76. The molecule has 1 aliphatic rings. The Bertz CT molecular complexity index is 1440. The van der Waals surface area contributed by atoms with Gasteiger partial charge in [0.15, 0.2) is 0 Å². The molecular formula is C32H39N3O6S. The number of hydrogen-bond donors (Lipinski definition) is 1. The lowest BCUT2D eigenvalue weighted by atomic mass is 10.1. The van der Waals surface area contributed by atoms with Crippen LogP contribution in [-0.4, -0.2) is 58.0 Å². The minimum Gasteiger partial charge on any atom is -0.497 e. The van der Waals surface area contributed by atoms with Gasteiger partial charge in [-0.05, 0) is 49.1 Å². The molecule has 1 saturated carbocycles. The second kappa shape index (κ2) is 14.2. The van der Waals surface area contributed by atoms with E-state index in [2.05, 4.69) is 5.32 Å². The highest BCUT2D eigenvalue weighted by molar-refractivity contribution is 7.92.